The average Bonchev–Trinajstić information content (AvgIpc) is 3.22. The Morgan fingerprint density at radius 2 is 1.84 bits per heavy atom. The van der Waals surface area contributed by atoms with Crippen molar-refractivity contribution < 1.29 is 4.79 Å². The summed E-state index contributed by atoms with van der Waals surface area (Å²) in [6.45, 7) is 1.31. The van der Waals surface area contributed by atoms with Crippen molar-refractivity contribution in [2.45, 2.75) is 18.8 Å². The number of hydrogen-bond acceptors (Lipinski definition) is 5. The van der Waals surface area contributed by atoms with E-state index in [1.807, 2.05) is 54.6 Å². The molecule has 0 unspecified atom stereocenters. The molecule has 164 valence electrons. The smallest absolute Gasteiger partial charge is 0.264 e. The van der Waals surface area contributed by atoms with Crippen LogP contribution in [0, 0.1) is 0 Å². The molecule has 2 heterocycles. The molecule has 4 aromatic rings. The van der Waals surface area contributed by atoms with E-state index < -0.39 is 0 Å². The van der Waals surface area contributed by atoms with Crippen LogP contribution < -0.4 is 10.9 Å². The van der Waals surface area contributed by atoms with Gasteiger partial charge in [0, 0.05) is 16.8 Å². The molecular formula is C23H22BrN5O2S. The summed E-state index contributed by atoms with van der Waals surface area (Å²) in [6.07, 6.45) is 3.09. The Bertz CT molecular complexity index is 1260. The van der Waals surface area contributed by atoms with Crippen molar-refractivity contribution in [2.75, 3.05) is 12.3 Å². The van der Waals surface area contributed by atoms with Gasteiger partial charge in [-0.2, -0.15) is 5.10 Å². The van der Waals surface area contributed by atoms with E-state index in [-0.39, 0.29) is 11.5 Å². The molecule has 0 radical (unpaired) electrons. The summed E-state index contributed by atoms with van der Waals surface area (Å²) in [7, 11) is 0. The number of nitrogens with one attached hydrogen (secondary N) is 1. The number of thioether (sulfide) groups is 1. The van der Waals surface area contributed by atoms with E-state index in [2.05, 4.69) is 31.3 Å². The molecule has 1 amide bonds. The third-order valence-corrected chi connectivity index (χ3v) is 6.41. The van der Waals surface area contributed by atoms with Gasteiger partial charge in [0.05, 0.1) is 25.0 Å². The Hall–Kier alpha value is -2.91. The van der Waals surface area contributed by atoms with Crippen LogP contribution >= 0.6 is 27.7 Å². The zero-order chi connectivity index (χ0) is 22.3. The molecule has 4 rings (SSSR count). The molecule has 0 saturated carbocycles. The number of aromatic nitrogens is 4. The Morgan fingerprint density at radius 3 is 2.62 bits per heavy atom. The second kappa shape index (κ2) is 10.6. The summed E-state index contributed by atoms with van der Waals surface area (Å²) >= 11 is 4.99. The highest BCUT2D eigenvalue weighted by atomic mass is 79.9. The zero-order valence-corrected chi connectivity index (χ0v) is 19.7. The lowest BCUT2D eigenvalue weighted by Crippen LogP contribution is -2.29. The number of carbonyl (C=O) groups excluding carboxylic acids is 1. The first-order valence-electron chi connectivity index (χ1n) is 10.1. The summed E-state index contributed by atoms with van der Waals surface area (Å²) in [5, 5.41) is 7.66. The molecule has 0 spiro atoms. The molecule has 2 aromatic heterocycles. The molecule has 7 nitrogen and oxygen atoms in total. The molecule has 32 heavy (non-hydrogen) atoms. The molecule has 0 aliphatic heterocycles. The first kappa shape index (κ1) is 22.3. The minimum atomic E-state index is -0.134. The Labute approximate surface area is 198 Å². The van der Waals surface area contributed by atoms with Crippen molar-refractivity contribution >= 4 is 44.6 Å². The van der Waals surface area contributed by atoms with Crippen molar-refractivity contribution in [1.82, 2.24) is 24.6 Å². The molecule has 0 bridgehead atoms. The van der Waals surface area contributed by atoms with Gasteiger partial charge < -0.3 is 5.32 Å². The second-order valence-electron chi connectivity index (χ2n) is 7.24. The molecular weight excluding hydrogens is 490 g/mol. The van der Waals surface area contributed by atoms with Crippen molar-refractivity contribution in [1.29, 1.82) is 0 Å². The van der Waals surface area contributed by atoms with Gasteiger partial charge in [-0.1, -0.05) is 58.4 Å². The average molecular weight is 512 g/mol. The number of rotatable bonds is 9. The van der Waals surface area contributed by atoms with E-state index >= 15 is 0 Å². The fraction of sp³-hybridized carbons (Fsp3) is 0.217. The van der Waals surface area contributed by atoms with Gasteiger partial charge in [0.2, 0.25) is 5.91 Å². The third-order valence-electron chi connectivity index (χ3n) is 4.88. The quantitative estimate of drug-likeness (QED) is 0.372. The Morgan fingerprint density at radius 1 is 1.06 bits per heavy atom. The van der Waals surface area contributed by atoms with Gasteiger partial charge >= 0.3 is 0 Å². The van der Waals surface area contributed by atoms with Crippen LogP contribution in [-0.4, -0.2) is 37.5 Å². The molecule has 0 atom stereocenters. The van der Waals surface area contributed by atoms with E-state index in [0.29, 0.717) is 36.4 Å². The monoisotopic (exact) mass is 511 g/mol. The minimum absolute atomic E-state index is 0.0211. The van der Waals surface area contributed by atoms with Crippen molar-refractivity contribution in [3.05, 3.63) is 93.1 Å². The lowest BCUT2D eigenvalue weighted by atomic mass is 10.2. The van der Waals surface area contributed by atoms with Crippen molar-refractivity contribution in [3.8, 4) is 0 Å². The number of fused-ring (bicyclic) bond motifs is 1. The molecule has 0 fully saturated rings. The fourth-order valence-corrected chi connectivity index (χ4v) is 4.33. The standard InChI is InChI=1S/C23H22BrN5O2S/c24-19-8-6-17(7-9-19)13-28-16-26-22-20(23(28)31)12-27-29(22)11-10-25-21(30)15-32-14-18-4-2-1-3-5-18/h1-9,12,16H,10-11,13-15H2,(H,25,30). The zero-order valence-electron chi connectivity index (χ0n) is 17.3. The normalized spacial score (nSPS) is 11.0. The van der Waals surface area contributed by atoms with Crippen LogP contribution in [0.4, 0.5) is 0 Å². The van der Waals surface area contributed by atoms with Crippen molar-refractivity contribution in [3.63, 3.8) is 0 Å². The van der Waals surface area contributed by atoms with Crippen LogP contribution in [0.5, 0.6) is 0 Å². The predicted molar refractivity (Wildman–Crippen MR) is 131 cm³/mol. The van der Waals surface area contributed by atoms with E-state index in [4.69, 9.17) is 0 Å². The number of amides is 1. The molecule has 2 aromatic carbocycles. The molecule has 0 aliphatic carbocycles. The van der Waals surface area contributed by atoms with Gasteiger partial charge in [0.15, 0.2) is 5.65 Å². The second-order valence-corrected chi connectivity index (χ2v) is 9.14. The Kier molecular flexibility index (Phi) is 7.39. The largest absolute Gasteiger partial charge is 0.354 e. The van der Waals surface area contributed by atoms with Crippen LogP contribution in [0.3, 0.4) is 0 Å². The number of carbonyl (C=O) groups is 1. The summed E-state index contributed by atoms with van der Waals surface area (Å²) in [5.41, 5.74) is 2.60. The van der Waals surface area contributed by atoms with E-state index in [0.717, 1.165) is 15.8 Å². The summed E-state index contributed by atoms with van der Waals surface area (Å²) in [6, 6.07) is 17.9. The van der Waals surface area contributed by atoms with Crippen LogP contribution in [0.15, 0.2) is 76.4 Å². The lowest BCUT2D eigenvalue weighted by Gasteiger charge is -2.08. The lowest BCUT2D eigenvalue weighted by molar-refractivity contribution is -0.118. The maximum atomic E-state index is 12.8. The maximum absolute atomic E-state index is 12.8. The molecule has 0 aliphatic rings. The third kappa shape index (κ3) is 5.66. The molecule has 9 heteroatoms. The van der Waals surface area contributed by atoms with Gasteiger partial charge in [0.25, 0.3) is 5.56 Å². The van der Waals surface area contributed by atoms with E-state index in [9.17, 15) is 9.59 Å². The summed E-state index contributed by atoms with van der Waals surface area (Å²) in [5.74, 6) is 1.18. The highest BCUT2D eigenvalue weighted by Crippen LogP contribution is 2.12. The first-order chi connectivity index (χ1) is 15.6. The van der Waals surface area contributed by atoms with Crippen LogP contribution in [0.2, 0.25) is 0 Å². The number of nitrogens with zero attached hydrogens (tertiary/aromatic N) is 4. The van der Waals surface area contributed by atoms with E-state index in [1.165, 1.54) is 5.56 Å². The summed E-state index contributed by atoms with van der Waals surface area (Å²) < 4.78 is 4.21. The van der Waals surface area contributed by atoms with Crippen LogP contribution in [0.25, 0.3) is 11.0 Å². The maximum Gasteiger partial charge on any atom is 0.264 e. The molecule has 0 saturated heterocycles. The summed E-state index contributed by atoms with van der Waals surface area (Å²) in [4.78, 5) is 29.3. The van der Waals surface area contributed by atoms with Gasteiger partial charge in [-0.15, -0.1) is 11.8 Å². The van der Waals surface area contributed by atoms with Gasteiger partial charge in [-0.3, -0.25) is 14.2 Å². The van der Waals surface area contributed by atoms with E-state index in [1.54, 1.807) is 33.5 Å². The van der Waals surface area contributed by atoms with Crippen LogP contribution in [-0.2, 0) is 23.6 Å². The van der Waals surface area contributed by atoms with Crippen molar-refractivity contribution in [2.24, 2.45) is 0 Å². The van der Waals surface area contributed by atoms with Gasteiger partial charge in [0.1, 0.15) is 11.7 Å². The fourth-order valence-electron chi connectivity index (χ4n) is 3.25. The number of benzene rings is 2. The SMILES string of the molecule is O=C(CSCc1ccccc1)NCCn1ncc2c(=O)n(Cc3ccc(Br)cc3)cnc21. The first-order valence-corrected chi connectivity index (χ1v) is 12.1. The number of hydrogen-bond donors (Lipinski definition) is 1. The van der Waals surface area contributed by atoms with Gasteiger partial charge in [-0.25, -0.2) is 9.67 Å². The Balaban J connectivity index is 1.31. The molecule has 1 N–H and O–H groups in total. The number of halogens is 1. The topological polar surface area (TPSA) is 81.8 Å². The highest BCUT2D eigenvalue weighted by molar-refractivity contribution is 9.10. The minimum Gasteiger partial charge on any atom is -0.354 e. The highest BCUT2D eigenvalue weighted by Gasteiger charge is 2.11. The van der Waals surface area contributed by atoms with Crippen LogP contribution in [0.1, 0.15) is 11.1 Å². The predicted octanol–water partition coefficient (Wildman–Crippen LogP) is 3.45. The van der Waals surface area contributed by atoms with Gasteiger partial charge in [-0.05, 0) is 23.3 Å².